The summed E-state index contributed by atoms with van der Waals surface area (Å²) >= 11 is 0. The Morgan fingerprint density at radius 1 is 1.50 bits per heavy atom. The highest BCUT2D eigenvalue weighted by atomic mass is 16.1. The molecule has 0 radical (unpaired) electrons. The van der Waals surface area contributed by atoms with Crippen molar-refractivity contribution in [1.82, 2.24) is 20.2 Å². The molecule has 1 aromatic heterocycles. The van der Waals surface area contributed by atoms with Gasteiger partial charge in [0.1, 0.15) is 0 Å². The summed E-state index contributed by atoms with van der Waals surface area (Å²) in [5, 5.41) is 2.68. The number of hydrogen-bond acceptors (Lipinski definition) is 4. The minimum absolute atomic E-state index is 0.136. The highest BCUT2D eigenvalue weighted by Gasteiger charge is 2.24. The number of carbonyl (C=O) groups is 1. The summed E-state index contributed by atoms with van der Waals surface area (Å²) in [6.07, 6.45) is 5.36. The number of nitrogens with one attached hydrogen (secondary N) is 1. The van der Waals surface area contributed by atoms with Gasteiger partial charge in [-0.2, -0.15) is 0 Å². The second-order valence-corrected chi connectivity index (χ2v) is 4.92. The zero-order valence-corrected chi connectivity index (χ0v) is 11.0. The lowest BCUT2D eigenvalue weighted by molar-refractivity contribution is -0.121. The average molecular weight is 248 g/mol. The van der Waals surface area contributed by atoms with Crippen LogP contribution in [0.1, 0.15) is 24.2 Å². The summed E-state index contributed by atoms with van der Waals surface area (Å²) in [5.41, 5.74) is 1.94. The first-order valence-corrected chi connectivity index (χ1v) is 6.38. The smallest absolute Gasteiger partial charge is 0.220 e. The molecule has 0 bridgehead atoms. The van der Waals surface area contributed by atoms with E-state index in [-0.39, 0.29) is 5.91 Å². The molecule has 0 aliphatic carbocycles. The molecule has 0 spiro atoms. The van der Waals surface area contributed by atoms with Gasteiger partial charge in [-0.25, -0.2) is 0 Å². The lowest BCUT2D eigenvalue weighted by Crippen LogP contribution is -2.24. The van der Waals surface area contributed by atoms with E-state index < -0.39 is 0 Å². The molecule has 0 aromatic carbocycles. The van der Waals surface area contributed by atoms with Crippen LogP contribution in [0.15, 0.2) is 12.4 Å². The van der Waals surface area contributed by atoms with Crippen LogP contribution in [0.5, 0.6) is 0 Å². The number of amides is 1. The van der Waals surface area contributed by atoms with Crippen LogP contribution in [-0.2, 0) is 11.3 Å². The van der Waals surface area contributed by atoms with Crippen molar-refractivity contribution in [2.75, 3.05) is 20.1 Å². The number of nitrogens with zero attached hydrogens (tertiary/aromatic N) is 3. The second-order valence-electron chi connectivity index (χ2n) is 4.92. The maximum Gasteiger partial charge on any atom is 0.220 e. The fraction of sp³-hybridized carbons (Fsp3) is 0.615. The normalized spacial score (nSPS) is 20.0. The van der Waals surface area contributed by atoms with Crippen molar-refractivity contribution in [3.63, 3.8) is 0 Å². The summed E-state index contributed by atoms with van der Waals surface area (Å²) in [4.78, 5) is 22.3. The molecule has 1 atom stereocenters. The van der Waals surface area contributed by atoms with Gasteiger partial charge >= 0.3 is 0 Å². The van der Waals surface area contributed by atoms with Crippen LogP contribution in [0.4, 0.5) is 0 Å². The van der Waals surface area contributed by atoms with Crippen molar-refractivity contribution in [2.24, 2.45) is 5.92 Å². The van der Waals surface area contributed by atoms with Gasteiger partial charge in [0.25, 0.3) is 0 Å². The van der Waals surface area contributed by atoms with E-state index in [2.05, 4.69) is 20.2 Å². The lowest BCUT2D eigenvalue weighted by atomic mass is 10.1. The average Bonchev–Trinajstić information content (AvgIpc) is 2.79. The van der Waals surface area contributed by atoms with Crippen molar-refractivity contribution >= 4 is 5.91 Å². The summed E-state index contributed by atoms with van der Waals surface area (Å²) < 4.78 is 0. The Bertz CT molecular complexity index is 404. The van der Waals surface area contributed by atoms with Gasteiger partial charge in [0, 0.05) is 39.0 Å². The van der Waals surface area contributed by atoms with Crippen molar-refractivity contribution in [3.8, 4) is 0 Å². The van der Waals surface area contributed by atoms with E-state index in [9.17, 15) is 4.79 Å². The molecule has 18 heavy (non-hydrogen) atoms. The number of aryl methyl sites for hydroxylation is 1. The zero-order valence-electron chi connectivity index (χ0n) is 11.0. The third-order valence-electron chi connectivity index (χ3n) is 3.34. The fourth-order valence-corrected chi connectivity index (χ4v) is 2.32. The van der Waals surface area contributed by atoms with Gasteiger partial charge in [-0.1, -0.05) is 0 Å². The standard InChI is InChI=1S/C13H20N4O/c1-10-6-16-12(7-15-10)9-17-4-3-11(8-17)5-13(18)14-2/h6-7,11H,3-5,8-9H2,1-2H3,(H,14,18)/t11-/m0/s1. The summed E-state index contributed by atoms with van der Waals surface area (Å²) in [6, 6.07) is 0. The van der Waals surface area contributed by atoms with E-state index in [0.29, 0.717) is 12.3 Å². The topological polar surface area (TPSA) is 58.1 Å². The molecule has 0 unspecified atom stereocenters. The third-order valence-corrected chi connectivity index (χ3v) is 3.34. The van der Waals surface area contributed by atoms with Gasteiger partial charge < -0.3 is 5.32 Å². The fourth-order valence-electron chi connectivity index (χ4n) is 2.32. The van der Waals surface area contributed by atoms with Crippen LogP contribution in [0, 0.1) is 12.8 Å². The molecule has 98 valence electrons. The van der Waals surface area contributed by atoms with Crippen LogP contribution in [0.25, 0.3) is 0 Å². The molecule has 0 saturated carbocycles. The van der Waals surface area contributed by atoms with E-state index in [4.69, 9.17) is 0 Å². The van der Waals surface area contributed by atoms with E-state index in [1.165, 1.54) is 0 Å². The zero-order chi connectivity index (χ0) is 13.0. The lowest BCUT2D eigenvalue weighted by Gasteiger charge is -2.15. The van der Waals surface area contributed by atoms with E-state index >= 15 is 0 Å². The summed E-state index contributed by atoms with van der Waals surface area (Å²) in [7, 11) is 1.69. The molecule has 1 aliphatic rings. The Hall–Kier alpha value is -1.49. The Kier molecular flexibility index (Phi) is 4.25. The van der Waals surface area contributed by atoms with Crippen LogP contribution >= 0.6 is 0 Å². The predicted molar refractivity (Wildman–Crippen MR) is 68.8 cm³/mol. The number of rotatable bonds is 4. The van der Waals surface area contributed by atoms with Gasteiger partial charge in [-0.05, 0) is 25.8 Å². The van der Waals surface area contributed by atoms with Crippen molar-refractivity contribution < 1.29 is 4.79 Å². The Balaban J connectivity index is 1.82. The van der Waals surface area contributed by atoms with Gasteiger partial charge in [0.15, 0.2) is 0 Å². The monoisotopic (exact) mass is 248 g/mol. The highest BCUT2D eigenvalue weighted by Crippen LogP contribution is 2.20. The van der Waals surface area contributed by atoms with Crippen LogP contribution in [0.3, 0.4) is 0 Å². The SMILES string of the molecule is CNC(=O)C[C@@H]1CCN(Cc2cnc(C)cn2)C1. The maximum absolute atomic E-state index is 11.3. The molecular weight excluding hydrogens is 228 g/mol. The number of aromatic nitrogens is 2. The molecular formula is C13H20N4O. The first kappa shape index (κ1) is 13.0. The Morgan fingerprint density at radius 2 is 2.33 bits per heavy atom. The van der Waals surface area contributed by atoms with Crippen LogP contribution in [0.2, 0.25) is 0 Å². The Labute approximate surface area is 108 Å². The molecule has 2 heterocycles. The van der Waals surface area contributed by atoms with E-state index in [0.717, 1.165) is 37.4 Å². The van der Waals surface area contributed by atoms with Gasteiger partial charge in [0.05, 0.1) is 11.4 Å². The minimum atomic E-state index is 0.136. The number of hydrogen-bond donors (Lipinski definition) is 1. The molecule has 5 heteroatoms. The van der Waals surface area contributed by atoms with Crippen LogP contribution < -0.4 is 5.32 Å². The largest absolute Gasteiger partial charge is 0.359 e. The third kappa shape index (κ3) is 3.50. The van der Waals surface area contributed by atoms with Crippen molar-refractivity contribution in [1.29, 1.82) is 0 Å². The second kappa shape index (κ2) is 5.91. The molecule has 1 aliphatic heterocycles. The van der Waals surface area contributed by atoms with Gasteiger partial charge in [0.2, 0.25) is 5.91 Å². The first-order valence-electron chi connectivity index (χ1n) is 6.38. The predicted octanol–water partition coefficient (Wildman–Crippen LogP) is 0.743. The van der Waals surface area contributed by atoms with Crippen LogP contribution in [-0.4, -0.2) is 40.9 Å². The number of likely N-dealkylation sites (tertiary alicyclic amines) is 1. The Morgan fingerprint density at radius 3 is 3.00 bits per heavy atom. The number of carbonyl (C=O) groups excluding carboxylic acids is 1. The van der Waals surface area contributed by atoms with Crippen molar-refractivity contribution in [3.05, 3.63) is 23.8 Å². The highest BCUT2D eigenvalue weighted by molar-refractivity contribution is 5.75. The van der Waals surface area contributed by atoms with Gasteiger partial charge in [-0.3, -0.25) is 19.7 Å². The van der Waals surface area contributed by atoms with Gasteiger partial charge in [-0.15, -0.1) is 0 Å². The summed E-state index contributed by atoms with van der Waals surface area (Å²) in [6.45, 7) is 4.78. The molecule has 1 amide bonds. The molecule has 1 aromatic rings. The molecule has 1 N–H and O–H groups in total. The molecule has 5 nitrogen and oxygen atoms in total. The van der Waals surface area contributed by atoms with E-state index in [1.807, 2.05) is 13.1 Å². The quantitative estimate of drug-likeness (QED) is 0.854. The molecule has 1 saturated heterocycles. The molecule has 2 rings (SSSR count). The minimum Gasteiger partial charge on any atom is -0.359 e. The first-order chi connectivity index (χ1) is 8.67. The van der Waals surface area contributed by atoms with Crippen molar-refractivity contribution in [2.45, 2.75) is 26.3 Å². The summed E-state index contributed by atoms with van der Waals surface area (Å²) in [5.74, 6) is 0.611. The maximum atomic E-state index is 11.3. The molecule has 1 fully saturated rings. The van der Waals surface area contributed by atoms with E-state index in [1.54, 1.807) is 13.2 Å².